The van der Waals surface area contributed by atoms with Crippen LogP contribution in [0.5, 0.6) is 0 Å². The standard InChI is InChI=1S/C46H88O6/c1-6-8-9-10-19-26-31-36-44(47)50-39-43(52-46(49)38-33-28-23-18-17-21-25-30-35-42(5)7-2)40-51-45(48)37-32-27-22-16-14-12-11-13-15-20-24-29-34-41(3)4/h41-43H,6-40H2,1-5H3/t42?,43-/m1/s1. The molecule has 0 radical (unpaired) electrons. The van der Waals surface area contributed by atoms with Gasteiger partial charge in [-0.25, -0.2) is 0 Å². The van der Waals surface area contributed by atoms with Crippen molar-refractivity contribution < 1.29 is 28.6 Å². The van der Waals surface area contributed by atoms with Gasteiger partial charge >= 0.3 is 17.9 Å². The number of carbonyl (C=O) groups is 3. The second kappa shape index (κ2) is 39.1. The Morgan fingerprint density at radius 1 is 0.404 bits per heavy atom. The second-order valence-electron chi connectivity index (χ2n) is 16.4. The molecule has 2 atom stereocenters. The van der Waals surface area contributed by atoms with Crippen molar-refractivity contribution in [3.63, 3.8) is 0 Å². The van der Waals surface area contributed by atoms with Crippen molar-refractivity contribution in [2.24, 2.45) is 11.8 Å². The summed E-state index contributed by atoms with van der Waals surface area (Å²) < 4.78 is 16.7. The molecule has 52 heavy (non-hydrogen) atoms. The average molecular weight is 737 g/mol. The summed E-state index contributed by atoms with van der Waals surface area (Å²) in [6.07, 6.45) is 36.6. The third kappa shape index (κ3) is 38.1. The highest BCUT2D eigenvalue weighted by Crippen LogP contribution is 2.17. The van der Waals surface area contributed by atoms with Crippen LogP contribution < -0.4 is 0 Å². The lowest BCUT2D eigenvalue weighted by Gasteiger charge is -2.18. The fourth-order valence-electron chi connectivity index (χ4n) is 6.72. The van der Waals surface area contributed by atoms with E-state index in [1.54, 1.807) is 0 Å². The van der Waals surface area contributed by atoms with Crippen LogP contribution in [0.15, 0.2) is 0 Å². The Hall–Kier alpha value is -1.59. The predicted molar refractivity (Wildman–Crippen MR) is 220 cm³/mol. The quantitative estimate of drug-likeness (QED) is 0.0354. The summed E-state index contributed by atoms with van der Waals surface area (Å²) in [5.74, 6) is 0.814. The van der Waals surface area contributed by atoms with Gasteiger partial charge in [0.15, 0.2) is 6.10 Å². The number of hydrogen-bond donors (Lipinski definition) is 0. The molecule has 0 aliphatic rings. The average Bonchev–Trinajstić information content (AvgIpc) is 3.12. The minimum absolute atomic E-state index is 0.0654. The van der Waals surface area contributed by atoms with Crippen LogP contribution in [0.25, 0.3) is 0 Å². The molecule has 0 heterocycles. The van der Waals surface area contributed by atoms with E-state index in [2.05, 4.69) is 34.6 Å². The lowest BCUT2D eigenvalue weighted by molar-refractivity contribution is -0.167. The van der Waals surface area contributed by atoms with Gasteiger partial charge in [0.1, 0.15) is 13.2 Å². The number of ether oxygens (including phenoxy) is 3. The molecule has 0 aromatic heterocycles. The van der Waals surface area contributed by atoms with Crippen molar-refractivity contribution in [1.29, 1.82) is 0 Å². The fraction of sp³-hybridized carbons (Fsp3) is 0.935. The number of carbonyl (C=O) groups excluding carboxylic acids is 3. The zero-order valence-electron chi connectivity index (χ0n) is 35.4. The normalized spacial score (nSPS) is 12.6. The molecule has 0 aliphatic heterocycles. The van der Waals surface area contributed by atoms with Gasteiger partial charge < -0.3 is 14.2 Å². The molecule has 308 valence electrons. The molecule has 6 nitrogen and oxygen atoms in total. The lowest BCUT2D eigenvalue weighted by Crippen LogP contribution is -2.30. The van der Waals surface area contributed by atoms with Gasteiger partial charge in [-0.05, 0) is 31.1 Å². The van der Waals surface area contributed by atoms with Crippen molar-refractivity contribution >= 4 is 17.9 Å². The predicted octanol–water partition coefficient (Wildman–Crippen LogP) is 14.2. The molecule has 0 amide bonds. The van der Waals surface area contributed by atoms with E-state index in [1.807, 2.05) is 0 Å². The van der Waals surface area contributed by atoms with Crippen LogP contribution in [0.1, 0.15) is 247 Å². The van der Waals surface area contributed by atoms with Crippen molar-refractivity contribution in [2.75, 3.05) is 13.2 Å². The SMILES string of the molecule is CCCCCCCCCC(=O)OC[C@H](COC(=O)CCCCCCCCCCCCCCC(C)C)OC(=O)CCCCCCCCCCC(C)CC. The van der Waals surface area contributed by atoms with Crippen LogP contribution in [0, 0.1) is 11.8 Å². The smallest absolute Gasteiger partial charge is 0.306 e. The van der Waals surface area contributed by atoms with Crippen molar-refractivity contribution in [1.82, 2.24) is 0 Å². The highest BCUT2D eigenvalue weighted by Gasteiger charge is 2.19. The molecule has 0 bridgehead atoms. The molecule has 0 aliphatic carbocycles. The van der Waals surface area contributed by atoms with Crippen LogP contribution in [0.4, 0.5) is 0 Å². The Kier molecular flexibility index (Phi) is 37.9. The Bertz CT molecular complexity index is 796. The first-order valence-electron chi connectivity index (χ1n) is 22.8. The maximum absolute atomic E-state index is 12.7. The third-order valence-electron chi connectivity index (χ3n) is 10.6. The summed E-state index contributed by atoms with van der Waals surface area (Å²) >= 11 is 0. The van der Waals surface area contributed by atoms with E-state index in [0.29, 0.717) is 19.3 Å². The van der Waals surface area contributed by atoms with Gasteiger partial charge in [-0.3, -0.25) is 14.4 Å². The molecule has 0 rings (SSSR count). The lowest BCUT2D eigenvalue weighted by atomic mass is 9.99. The first kappa shape index (κ1) is 50.4. The zero-order chi connectivity index (χ0) is 38.3. The maximum atomic E-state index is 12.7. The summed E-state index contributed by atoms with van der Waals surface area (Å²) in [6, 6.07) is 0. The van der Waals surface area contributed by atoms with Crippen LogP contribution in [-0.2, 0) is 28.6 Å². The van der Waals surface area contributed by atoms with Crippen LogP contribution in [0.3, 0.4) is 0 Å². The number of rotatable bonds is 40. The summed E-state index contributed by atoms with van der Waals surface area (Å²) in [6.45, 7) is 11.3. The summed E-state index contributed by atoms with van der Waals surface area (Å²) in [7, 11) is 0. The molecule has 1 unspecified atom stereocenters. The first-order chi connectivity index (χ1) is 25.3. The topological polar surface area (TPSA) is 78.9 Å². The Labute approximate surface area is 323 Å². The zero-order valence-corrected chi connectivity index (χ0v) is 35.4. The largest absolute Gasteiger partial charge is 0.462 e. The molecule has 0 aromatic rings. The van der Waals surface area contributed by atoms with Gasteiger partial charge in [0.2, 0.25) is 0 Å². The Morgan fingerprint density at radius 3 is 1.10 bits per heavy atom. The maximum Gasteiger partial charge on any atom is 0.306 e. The molecule has 0 N–H and O–H groups in total. The highest BCUT2D eigenvalue weighted by atomic mass is 16.6. The third-order valence-corrected chi connectivity index (χ3v) is 10.6. The van der Waals surface area contributed by atoms with E-state index in [0.717, 1.165) is 69.6 Å². The Morgan fingerprint density at radius 2 is 0.731 bits per heavy atom. The molecule has 0 fully saturated rings. The van der Waals surface area contributed by atoms with E-state index >= 15 is 0 Å². The van der Waals surface area contributed by atoms with Crippen LogP contribution in [0.2, 0.25) is 0 Å². The van der Waals surface area contributed by atoms with Crippen molar-refractivity contribution in [2.45, 2.75) is 253 Å². The molecule has 6 heteroatoms. The van der Waals surface area contributed by atoms with Crippen molar-refractivity contribution in [3.8, 4) is 0 Å². The Balaban J connectivity index is 4.27. The van der Waals surface area contributed by atoms with E-state index in [1.165, 1.54) is 135 Å². The van der Waals surface area contributed by atoms with Crippen LogP contribution >= 0.6 is 0 Å². The second-order valence-corrected chi connectivity index (χ2v) is 16.4. The van der Waals surface area contributed by atoms with Crippen molar-refractivity contribution in [3.05, 3.63) is 0 Å². The van der Waals surface area contributed by atoms with Gasteiger partial charge in [-0.2, -0.15) is 0 Å². The van der Waals surface area contributed by atoms with Gasteiger partial charge in [-0.1, -0.05) is 208 Å². The van der Waals surface area contributed by atoms with E-state index in [-0.39, 0.29) is 31.1 Å². The minimum Gasteiger partial charge on any atom is -0.462 e. The summed E-state index contributed by atoms with van der Waals surface area (Å²) in [4.78, 5) is 37.6. The molecule has 0 saturated carbocycles. The highest BCUT2D eigenvalue weighted by molar-refractivity contribution is 5.71. The van der Waals surface area contributed by atoms with E-state index in [4.69, 9.17) is 14.2 Å². The minimum atomic E-state index is -0.759. The van der Waals surface area contributed by atoms with E-state index in [9.17, 15) is 14.4 Å². The molecule has 0 spiro atoms. The first-order valence-corrected chi connectivity index (χ1v) is 22.8. The van der Waals surface area contributed by atoms with Crippen LogP contribution in [-0.4, -0.2) is 37.2 Å². The number of esters is 3. The fourth-order valence-corrected chi connectivity index (χ4v) is 6.72. The number of hydrogen-bond acceptors (Lipinski definition) is 6. The van der Waals surface area contributed by atoms with Gasteiger partial charge in [-0.15, -0.1) is 0 Å². The molecule has 0 aromatic carbocycles. The molecular formula is C46H88O6. The summed E-state index contributed by atoms with van der Waals surface area (Å²) in [5, 5.41) is 0. The summed E-state index contributed by atoms with van der Waals surface area (Å²) in [5.41, 5.74) is 0. The van der Waals surface area contributed by atoms with E-state index < -0.39 is 6.10 Å². The van der Waals surface area contributed by atoms with Gasteiger partial charge in [0, 0.05) is 19.3 Å². The molecular weight excluding hydrogens is 649 g/mol. The molecule has 0 saturated heterocycles. The number of unbranched alkanes of at least 4 members (excludes halogenated alkanes) is 24. The van der Waals surface area contributed by atoms with Gasteiger partial charge in [0.05, 0.1) is 0 Å². The monoisotopic (exact) mass is 737 g/mol. The van der Waals surface area contributed by atoms with Gasteiger partial charge in [0.25, 0.3) is 0 Å².